The van der Waals surface area contributed by atoms with E-state index >= 15 is 0 Å². The first-order valence-electron chi connectivity index (χ1n) is 6.63. The molecule has 0 aliphatic heterocycles. The van der Waals surface area contributed by atoms with Crippen molar-refractivity contribution in [2.45, 2.75) is 37.6 Å². The van der Waals surface area contributed by atoms with Gasteiger partial charge in [0, 0.05) is 18.5 Å². The molecule has 0 unspecified atom stereocenters. The van der Waals surface area contributed by atoms with Crippen LogP contribution >= 0.6 is 23.4 Å². The number of aromatic carboxylic acids is 1. The van der Waals surface area contributed by atoms with Gasteiger partial charge in [-0.3, -0.25) is 4.68 Å². The summed E-state index contributed by atoms with van der Waals surface area (Å²) in [5.41, 5.74) is 1.98. The number of carboxylic acids is 1. The second-order valence-electron chi connectivity index (χ2n) is 4.33. The second-order valence-corrected chi connectivity index (χ2v) is 5.67. The number of aryl methyl sites for hydroxylation is 2. The maximum atomic E-state index is 11.2. The zero-order valence-corrected chi connectivity index (χ0v) is 13.4. The molecule has 112 valence electrons. The minimum absolute atomic E-state index is 0.205. The van der Waals surface area contributed by atoms with Gasteiger partial charge in [-0.05, 0) is 25.5 Å². The Hall–Kier alpha value is -1.53. The van der Waals surface area contributed by atoms with Gasteiger partial charge >= 0.3 is 5.97 Å². The van der Waals surface area contributed by atoms with Crippen LogP contribution in [0.3, 0.4) is 0 Å². The van der Waals surface area contributed by atoms with Crippen LogP contribution in [0.25, 0.3) is 0 Å². The molecule has 7 heteroatoms. The minimum atomic E-state index is -0.977. The number of nitrogens with zero attached hydrogens (tertiary/aromatic N) is 3. The first kappa shape index (κ1) is 15.9. The Morgan fingerprint density at radius 2 is 2.24 bits per heavy atom. The number of hydrogen-bond acceptors (Lipinski definition) is 4. The normalized spacial score (nSPS) is 10.8. The average Bonchev–Trinajstić information content (AvgIpc) is 2.80. The van der Waals surface area contributed by atoms with Crippen LogP contribution in [0.5, 0.6) is 0 Å². The molecule has 1 N–H and O–H groups in total. The highest BCUT2D eigenvalue weighted by Gasteiger charge is 2.17. The molecule has 0 aliphatic carbocycles. The number of rotatable bonds is 6. The van der Waals surface area contributed by atoms with Crippen LogP contribution in [0.2, 0.25) is 5.02 Å². The highest BCUT2D eigenvalue weighted by molar-refractivity contribution is 7.98. The highest BCUT2D eigenvalue weighted by atomic mass is 35.5. The van der Waals surface area contributed by atoms with Crippen LogP contribution in [0.15, 0.2) is 23.4 Å². The number of thioether (sulfide) groups is 1. The molecule has 0 atom stereocenters. The van der Waals surface area contributed by atoms with Crippen molar-refractivity contribution >= 4 is 29.3 Å². The quantitative estimate of drug-likeness (QED) is 0.823. The molecule has 0 fully saturated rings. The SMILES string of the molecule is CCc1nn(CC)c(CSc2ncccc2C(=O)O)c1Cl. The lowest BCUT2D eigenvalue weighted by atomic mass is 10.3. The molecule has 0 aliphatic rings. The Balaban J connectivity index is 2.25. The summed E-state index contributed by atoms with van der Waals surface area (Å²) in [6.07, 6.45) is 2.36. The number of carboxylic acid groups (broad SMARTS) is 1. The van der Waals surface area contributed by atoms with Gasteiger partial charge in [0.15, 0.2) is 0 Å². The van der Waals surface area contributed by atoms with E-state index < -0.39 is 5.97 Å². The second kappa shape index (κ2) is 6.95. The van der Waals surface area contributed by atoms with Crippen molar-refractivity contribution in [2.75, 3.05) is 0 Å². The van der Waals surface area contributed by atoms with E-state index in [2.05, 4.69) is 10.1 Å². The van der Waals surface area contributed by atoms with Crippen LogP contribution < -0.4 is 0 Å². The maximum Gasteiger partial charge on any atom is 0.338 e. The van der Waals surface area contributed by atoms with E-state index in [0.717, 1.165) is 24.4 Å². The summed E-state index contributed by atoms with van der Waals surface area (Å²) in [5.74, 6) is -0.438. The van der Waals surface area contributed by atoms with E-state index in [4.69, 9.17) is 16.7 Å². The summed E-state index contributed by atoms with van der Waals surface area (Å²) in [6.45, 7) is 4.73. The van der Waals surface area contributed by atoms with Crippen LogP contribution in [0, 0.1) is 0 Å². The zero-order chi connectivity index (χ0) is 15.4. The predicted octanol–water partition coefficient (Wildman–Crippen LogP) is 3.50. The van der Waals surface area contributed by atoms with Crippen molar-refractivity contribution in [3.8, 4) is 0 Å². The van der Waals surface area contributed by atoms with Crippen LogP contribution in [0.4, 0.5) is 0 Å². The molecule has 2 aromatic heterocycles. The molecule has 2 heterocycles. The molecule has 21 heavy (non-hydrogen) atoms. The summed E-state index contributed by atoms with van der Waals surface area (Å²) in [6, 6.07) is 3.17. The van der Waals surface area contributed by atoms with Crippen molar-refractivity contribution in [3.05, 3.63) is 40.3 Å². The maximum absolute atomic E-state index is 11.2. The van der Waals surface area contributed by atoms with Gasteiger partial charge in [-0.1, -0.05) is 30.3 Å². The van der Waals surface area contributed by atoms with Crippen molar-refractivity contribution in [2.24, 2.45) is 0 Å². The molecule has 0 saturated heterocycles. The third-order valence-electron chi connectivity index (χ3n) is 3.04. The fourth-order valence-electron chi connectivity index (χ4n) is 1.96. The Morgan fingerprint density at radius 3 is 2.86 bits per heavy atom. The molecular formula is C14H16ClN3O2S. The number of aromatic nitrogens is 3. The van der Waals surface area contributed by atoms with Crippen molar-refractivity contribution in [3.63, 3.8) is 0 Å². The number of halogens is 1. The first-order valence-corrected chi connectivity index (χ1v) is 7.99. The topological polar surface area (TPSA) is 68.0 Å². The van der Waals surface area contributed by atoms with Crippen LogP contribution in [-0.2, 0) is 18.7 Å². The average molecular weight is 326 g/mol. The van der Waals surface area contributed by atoms with E-state index in [1.165, 1.54) is 11.8 Å². The molecule has 2 aromatic rings. The predicted molar refractivity (Wildman–Crippen MR) is 83.0 cm³/mol. The van der Waals surface area contributed by atoms with Gasteiger partial charge < -0.3 is 5.11 Å². The molecule has 5 nitrogen and oxygen atoms in total. The lowest BCUT2D eigenvalue weighted by Gasteiger charge is -2.06. The Labute approximate surface area is 132 Å². The Kier molecular flexibility index (Phi) is 5.25. The van der Waals surface area contributed by atoms with Gasteiger partial charge in [0.25, 0.3) is 0 Å². The van der Waals surface area contributed by atoms with Gasteiger partial charge in [-0.2, -0.15) is 5.10 Å². The van der Waals surface area contributed by atoms with Gasteiger partial charge in [0.2, 0.25) is 0 Å². The van der Waals surface area contributed by atoms with E-state index in [9.17, 15) is 4.79 Å². The first-order chi connectivity index (χ1) is 10.1. The molecule has 0 amide bonds. The van der Waals surface area contributed by atoms with Gasteiger partial charge in [-0.15, -0.1) is 0 Å². The number of pyridine rings is 1. The summed E-state index contributed by atoms with van der Waals surface area (Å²) in [7, 11) is 0. The monoisotopic (exact) mass is 325 g/mol. The largest absolute Gasteiger partial charge is 0.478 e. The van der Waals surface area contributed by atoms with Gasteiger partial charge in [0.05, 0.1) is 22.0 Å². The Bertz CT molecular complexity index is 658. The van der Waals surface area contributed by atoms with Crippen molar-refractivity contribution < 1.29 is 9.90 Å². The van der Waals surface area contributed by atoms with E-state index in [-0.39, 0.29) is 5.56 Å². The van der Waals surface area contributed by atoms with Crippen molar-refractivity contribution in [1.82, 2.24) is 14.8 Å². The smallest absolute Gasteiger partial charge is 0.338 e. The number of hydrogen-bond donors (Lipinski definition) is 1. The molecule has 0 radical (unpaired) electrons. The van der Waals surface area contributed by atoms with E-state index in [1.54, 1.807) is 18.3 Å². The van der Waals surface area contributed by atoms with E-state index in [0.29, 0.717) is 15.8 Å². The van der Waals surface area contributed by atoms with Crippen molar-refractivity contribution in [1.29, 1.82) is 0 Å². The summed E-state index contributed by atoms with van der Waals surface area (Å²) in [5, 5.41) is 14.8. The van der Waals surface area contributed by atoms with Gasteiger partial charge in [-0.25, -0.2) is 9.78 Å². The summed E-state index contributed by atoms with van der Waals surface area (Å²) < 4.78 is 1.86. The number of carbonyl (C=O) groups is 1. The summed E-state index contributed by atoms with van der Waals surface area (Å²) >= 11 is 7.70. The summed E-state index contributed by atoms with van der Waals surface area (Å²) in [4.78, 5) is 15.3. The Morgan fingerprint density at radius 1 is 1.48 bits per heavy atom. The fraction of sp³-hybridized carbons (Fsp3) is 0.357. The zero-order valence-electron chi connectivity index (χ0n) is 11.8. The lowest BCUT2D eigenvalue weighted by molar-refractivity contribution is 0.0692. The molecule has 0 aromatic carbocycles. The molecule has 2 rings (SSSR count). The fourth-order valence-corrected chi connectivity index (χ4v) is 3.39. The van der Waals surface area contributed by atoms with Gasteiger partial charge in [0.1, 0.15) is 5.03 Å². The van der Waals surface area contributed by atoms with Crippen LogP contribution in [0.1, 0.15) is 35.6 Å². The molecule has 0 spiro atoms. The molecule has 0 saturated carbocycles. The highest BCUT2D eigenvalue weighted by Crippen LogP contribution is 2.29. The minimum Gasteiger partial charge on any atom is -0.478 e. The molecular weight excluding hydrogens is 310 g/mol. The molecule has 0 bridgehead atoms. The third kappa shape index (κ3) is 3.39. The van der Waals surface area contributed by atoms with Crippen LogP contribution in [-0.4, -0.2) is 25.8 Å². The standard InChI is InChI=1S/C14H16ClN3O2S/c1-3-10-12(15)11(18(4-2)17-10)8-21-13-9(14(19)20)6-5-7-16-13/h5-7H,3-4,8H2,1-2H3,(H,19,20). The van der Waals surface area contributed by atoms with E-state index in [1.807, 2.05) is 18.5 Å². The lowest BCUT2D eigenvalue weighted by Crippen LogP contribution is -2.03. The third-order valence-corrected chi connectivity index (χ3v) is 4.49.